The Hall–Kier alpha value is -0.870. The molecule has 4 nitrogen and oxygen atoms in total. The predicted molar refractivity (Wildman–Crippen MR) is 44.8 cm³/mol. The number of hydroxylamine groups is 2. The molecular formula is C8H15NO3. The van der Waals surface area contributed by atoms with Gasteiger partial charge in [-0.15, -0.1) is 0 Å². The van der Waals surface area contributed by atoms with Crippen LogP contribution >= 0.6 is 0 Å². The molecule has 12 heavy (non-hydrogen) atoms. The third kappa shape index (κ3) is 4.10. The molecule has 0 heterocycles. The summed E-state index contributed by atoms with van der Waals surface area (Å²) in [6.07, 6.45) is 1.13. The van der Waals surface area contributed by atoms with Crippen molar-refractivity contribution in [1.82, 2.24) is 5.23 Å². The fourth-order valence-electron chi connectivity index (χ4n) is 0.498. The largest absolute Gasteiger partial charge is 0.296 e. The van der Waals surface area contributed by atoms with E-state index in [1.54, 1.807) is 0 Å². The van der Waals surface area contributed by atoms with Gasteiger partial charge in [-0.3, -0.25) is 4.79 Å². The summed E-state index contributed by atoms with van der Waals surface area (Å²) in [4.78, 5) is 20.6. The van der Waals surface area contributed by atoms with E-state index in [2.05, 4.69) is 11.4 Å². The van der Waals surface area contributed by atoms with Crippen molar-refractivity contribution in [3.05, 3.63) is 12.7 Å². The Bertz CT molecular complexity index is 156. The van der Waals surface area contributed by atoms with Crippen molar-refractivity contribution >= 4 is 5.91 Å². The first-order valence-corrected chi connectivity index (χ1v) is 3.75. The molecule has 0 aliphatic carbocycles. The summed E-state index contributed by atoms with van der Waals surface area (Å²) < 4.78 is 0. The van der Waals surface area contributed by atoms with Crippen molar-refractivity contribution < 1.29 is 14.5 Å². The lowest BCUT2D eigenvalue weighted by Gasteiger charge is -2.17. The fourth-order valence-corrected chi connectivity index (χ4v) is 0.498. The second kappa shape index (κ2) is 5.74. The molecule has 0 spiro atoms. The Kier molecular flexibility index (Phi) is 5.32. The van der Waals surface area contributed by atoms with Gasteiger partial charge in [0.1, 0.15) is 0 Å². The van der Waals surface area contributed by atoms with Gasteiger partial charge in [-0.05, 0) is 5.92 Å². The predicted octanol–water partition coefficient (Wildman–Crippen LogP) is 1.15. The van der Waals surface area contributed by atoms with Crippen molar-refractivity contribution in [3.8, 4) is 0 Å². The third-order valence-corrected chi connectivity index (χ3v) is 1.05. The van der Waals surface area contributed by atoms with Crippen LogP contribution in [0.1, 0.15) is 13.8 Å². The molecule has 0 aliphatic heterocycles. The molecule has 0 aromatic carbocycles. The highest BCUT2D eigenvalue weighted by Gasteiger charge is 2.10. The standard InChI is InChI=1S/C8H15NO3/c1-5-8(10)9(11-4)12-6-7(2)3/h5,7H,1,6H2,2-4H3. The van der Waals surface area contributed by atoms with E-state index in [1.165, 1.54) is 7.11 Å². The second-order valence-corrected chi connectivity index (χ2v) is 2.67. The zero-order valence-electron chi connectivity index (χ0n) is 7.74. The molecule has 0 aromatic heterocycles. The van der Waals surface area contributed by atoms with E-state index in [1.807, 2.05) is 13.8 Å². The average molecular weight is 173 g/mol. The van der Waals surface area contributed by atoms with E-state index < -0.39 is 5.91 Å². The van der Waals surface area contributed by atoms with Crippen molar-refractivity contribution in [2.45, 2.75) is 13.8 Å². The quantitative estimate of drug-likeness (QED) is 0.462. The molecule has 0 saturated heterocycles. The zero-order valence-corrected chi connectivity index (χ0v) is 7.74. The molecule has 0 fully saturated rings. The van der Waals surface area contributed by atoms with E-state index in [9.17, 15) is 4.79 Å². The minimum absolute atomic E-state index is 0.347. The van der Waals surface area contributed by atoms with E-state index in [0.29, 0.717) is 12.5 Å². The van der Waals surface area contributed by atoms with Gasteiger partial charge < -0.3 is 0 Å². The Morgan fingerprint density at radius 2 is 2.25 bits per heavy atom. The summed E-state index contributed by atoms with van der Waals surface area (Å²) >= 11 is 0. The van der Waals surface area contributed by atoms with Crippen LogP contribution in [0.2, 0.25) is 0 Å². The zero-order chi connectivity index (χ0) is 9.56. The number of carbonyl (C=O) groups excluding carboxylic acids is 1. The molecule has 70 valence electrons. The van der Waals surface area contributed by atoms with Crippen LogP contribution in [0.4, 0.5) is 0 Å². The van der Waals surface area contributed by atoms with Gasteiger partial charge in [-0.25, -0.2) is 9.68 Å². The summed E-state index contributed by atoms with van der Waals surface area (Å²) in [5.41, 5.74) is 0. The van der Waals surface area contributed by atoms with Gasteiger partial charge in [-0.2, -0.15) is 0 Å². The van der Waals surface area contributed by atoms with Gasteiger partial charge in [0.2, 0.25) is 0 Å². The highest BCUT2D eigenvalue weighted by Crippen LogP contribution is 1.98. The lowest BCUT2D eigenvalue weighted by atomic mass is 10.2. The van der Waals surface area contributed by atoms with Crippen LogP contribution in [0.25, 0.3) is 0 Å². The molecule has 4 heteroatoms. The average Bonchev–Trinajstić information content (AvgIpc) is 2.04. The summed E-state index contributed by atoms with van der Waals surface area (Å²) in [6, 6.07) is 0. The molecule has 1 amide bonds. The van der Waals surface area contributed by atoms with Crippen LogP contribution in [0.5, 0.6) is 0 Å². The molecule has 0 unspecified atom stereocenters. The van der Waals surface area contributed by atoms with Gasteiger partial charge in [-0.1, -0.05) is 25.7 Å². The SMILES string of the molecule is C=CC(=O)N(OC)OCC(C)C. The number of hydrogen-bond acceptors (Lipinski definition) is 3. The van der Waals surface area contributed by atoms with Crippen LogP contribution in [0, 0.1) is 5.92 Å². The first kappa shape index (κ1) is 11.1. The number of nitrogens with zero attached hydrogens (tertiary/aromatic N) is 1. The highest BCUT2D eigenvalue weighted by atomic mass is 16.9. The van der Waals surface area contributed by atoms with Crippen molar-refractivity contribution in [1.29, 1.82) is 0 Å². The van der Waals surface area contributed by atoms with Crippen LogP contribution in [-0.2, 0) is 14.5 Å². The minimum Gasteiger partial charge on any atom is -0.265 e. The van der Waals surface area contributed by atoms with Crippen LogP contribution in [-0.4, -0.2) is 24.9 Å². The van der Waals surface area contributed by atoms with Crippen molar-refractivity contribution in [2.24, 2.45) is 5.92 Å². The van der Waals surface area contributed by atoms with E-state index >= 15 is 0 Å². The van der Waals surface area contributed by atoms with E-state index in [0.717, 1.165) is 11.3 Å². The van der Waals surface area contributed by atoms with Crippen LogP contribution in [0.3, 0.4) is 0 Å². The molecule has 0 N–H and O–H groups in total. The van der Waals surface area contributed by atoms with E-state index in [-0.39, 0.29) is 0 Å². The molecule has 0 rings (SSSR count). The number of amides is 1. The maximum absolute atomic E-state index is 10.9. The second-order valence-electron chi connectivity index (χ2n) is 2.67. The molecular weight excluding hydrogens is 158 g/mol. The van der Waals surface area contributed by atoms with Gasteiger partial charge >= 0.3 is 0 Å². The molecule has 0 bridgehead atoms. The monoisotopic (exact) mass is 173 g/mol. The van der Waals surface area contributed by atoms with Gasteiger partial charge in [0.25, 0.3) is 5.91 Å². The highest BCUT2D eigenvalue weighted by molar-refractivity contribution is 5.85. The summed E-state index contributed by atoms with van der Waals surface area (Å²) in [5, 5.41) is 0.812. The Morgan fingerprint density at radius 1 is 1.67 bits per heavy atom. The van der Waals surface area contributed by atoms with Crippen molar-refractivity contribution in [2.75, 3.05) is 13.7 Å². The molecule has 0 atom stereocenters. The lowest BCUT2D eigenvalue weighted by Crippen LogP contribution is -2.29. The van der Waals surface area contributed by atoms with Crippen molar-refractivity contribution in [3.63, 3.8) is 0 Å². The number of carbonyl (C=O) groups is 1. The lowest BCUT2D eigenvalue weighted by molar-refractivity contribution is -0.329. The van der Waals surface area contributed by atoms with Gasteiger partial charge in [0.15, 0.2) is 0 Å². The maximum Gasteiger partial charge on any atom is 0.296 e. The third-order valence-electron chi connectivity index (χ3n) is 1.05. The normalized spacial score (nSPS) is 10.0. The van der Waals surface area contributed by atoms with Crippen LogP contribution < -0.4 is 0 Å². The summed E-state index contributed by atoms with van der Waals surface area (Å²) in [7, 11) is 1.36. The summed E-state index contributed by atoms with van der Waals surface area (Å²) in [5.74, 6) is -0.0570. The Labute approximate surface area is 72.7 Å². The molecule has 0 radical (unpaired) electrons. The summed E-state index contributed by atoms with van der Waals surface area (Å²) in [6.45, 7) is 7.70. The maximum atomic E-state index is 10.9. The number of rotatable bonds is 5. The number of hydrogen-bond donors (Lipinski definition) is 0. The smallest absolute Gasteiger partial charge is 0.265 e. The Balaban J connectivity index is 3.83. The fraction of sp³-hybridized carbons (Fsp3) is 0.625. The van der Waals surface area contributed by atoms with Gasteiger partial charge in [0.05, 0.1) is 13.7 Å². The van der Waals surface area contributed by atoms with E-state index in [4.69, 9.17) is 4.84 Å². The van der Waals surface area contributed by atoms with Crippen LogP contribution in [0.15, 0.2) is 12.7 Å². The first-order chi connectivity index (χ1) is 5.61. The first-order valence-electron chi connectivity index (χ1n) is 3.75. The van der Waals surface area contributed by atoms with Gasteiger partial charge in [0, 0.05) is 6.08 Å². The minimum atomic E-state index is -0.404. The topological polar surface area (TPSA) is 38.8 Å². The Morgan fingerprint density at radius 3 is 2.58 bits per heavy atom. The molecule has 0 aliphatic rings. The molecule has 0 aromatic rings. The molecule has 0 saturated carbocycles.